The van der Waals surface area contributed by atoms with Gasteiger partial charge in [0.05, 0.1) is 0 Å². The van der Waals surface area contributed by atoms with Crippen molar-refractivity contribution in [3.63, 3.8) is 0 Å². The molecule has 2 aromatic carbocycles. The highest BCUT2D eigenvalue weighted by Gasteiger charge is 2.22. The van der Waals surface area contributed by atoms with Gasteiger partial charge in [-0.1, -0.05) is 51.0 Å². The molecule has 3 nitrogen and oxygen atoms in total. The van der Waals surface area contributed by atoms with Crippen molar-refractivity contribution in [1.29, 1.82) is 0 Å². The van der Waals surface area contributed by atoms with Crippen LogP contribution in [0, 0.1) is 23.3 Å². The number of rotatable bonds is 8. The maximum atomic E-state index is 14.0. The van der Waals surface area contributed by atoms with Crippen molar-refractivity contribution >= 4 is 37.2 Å². The first-order valence-electron chi connectivity index (χ1n) is 9.17. The molecule has 150 valence electrons. The van der Waals surface area contributed by atoms with Gasteiger partial charge in [0.25, 0.3) is 11.7 Å². The summed E-state index contributed by atoms with van der Waals surface area (Å²) in [5, 5.41) is 0. The van der Waals surface area contributed by atoms with E-state index in [0.29, 0.717) is 40.2 Å². The topological polar surface area (TPSA) is 43.4 Å². The van der Waals surface area contributed by atoms with Gasteiger partial charge in [-0.25, -0.2) is 17.6 Å². The number of carbonyl (C=O) groups excluding carboxylic acids is 2. The van der Waals surface area contributed by atoms with E-state index in [2.05, 4.69) is 4.74 Å². The summed E-state index contributed by atoms with van der Waals surface area (Å²) in [5.41, 5.74) is -0.435. The van der Waals surface area contributed by atoms with Gasteiger partial charge in [-0.2, -0.15) is 0 Å². The number of halogens is 4. The Morgan fingerprint density at radius 1 is 0.724 bits per heavy atom. The lowest BCUT2D eigenvalue weighted by molar-refractivity contribution is 0.184. The minimum atomic E-state index is -1.27. The standard InChI is InChI=1S/C20H18B2F4O3/c1-3-5-11-7-9-13(17(25)15(11)23)21-19(27)29-20(28)22-14-10-8-12(6-4-2)16(24)18(14)26/h7-10H,3-6H2,1-2H3. The lowest BCUT2D eigenvalue weighted by Gasteiger charge is -2.08. The fraction of sp³-hybridized carbons (Fsp3) is 0.300. The second-order valence-electron chi connectivity index (χ2n) is 6.41. The summed E-state index contributed by atoms with van der Waals surface area (Å²) in [4.78, 5) is 23.6. The van der Waals surface area contributed by atoms with Crippen LogP contribution >= 0.6 is 0 Å². The number of ether oxygens (including phenoxy) is 1. The van der Waals surface area contributed by atoms with E-state index in [0.717, 1.165) is 0 Å². The zero-order chi connectivity index (χ0) is 21.6. The molecule has 0 saturated carbocycles. The zero-order valence-electron chi connectivity index (χ0n) is 16.0. The Morgan fingerprint density at radius 3 is 1.45 bits per heavy atom. The minimum absolute atomic E-state index is 0.170. The SMILES string of the molecule is CCCc1ccc([B]C(=O)OC(=O)[B]c2ccc(CCC)c(F)c2F)c(F)c1F. The van der Waals surface area contributed by atoms with Crippen LogP contribution < -0.4 is 10.9 Å². The van der Waals surface area contributed by atoms with Crippen LogP contribution in [0.15, 0.2) is 24.3 Å². The highest BCUT2D eigenvalue weighted by Crippen LogP contribution is 2.13. The molecule has 2 radical (unpaired) electrons. The maximum absolute atomic E-state index is 14.0. The summed E-state index contributed by atoms with van der Waals surface area (Å²) in [6, 6.07) is 5.07. The third-order valence-electron chi connectivity index (χ3n) is 4.17. The Morgan fingerprint density at radius 2 is 1.10 bits per heavy atom. The highest BCUT2D eigenvalue weighted by molar-refractivity contribution is 6.87. The summed E-state index contributed by atoms with van der Waals surface area (Å²) in [6.45, 7) is 3.62. The molecule has 0 atom stereocenters. The molecule has 0 amide bonds. The maximum Gasteiger partial charge on any atom is 0.303 e. The first-order chi connectivity index (χ1) is 13.8. The third kappa shape index (κ3) is 5.71. The number of benzene rings is 2. The lowest BCUT2D eigenvalue weighted by Crippen LogP contribution is -2.34. The van der Waals surface area contributed by atoms with Crippen LogP contribution in [0.25, 0.3) is 0 Å². The van der Waals surface area contributed by atoms with Crippen LogP contribution in [0.4, 0.5) is 27.2 Å². The largest absolute Gasteiger partial charge is 0.411 e. The van der Waals surface area contributed by atoms with E-state index in [4.69, 9.17) is 0 Å². The predicted molar refractivity (Wildman–Crippen MR) is 103 cm³/mol. The molecule has 0 fully saturated rings. The normalized spacial score (nSPS) is 10.6. The van der Waals surface area contributed by atoms with Crippen molar-refractivity contribution in [2.75, 3.05) is 0 Å². The van der Waals surface area contributed by atoms with Crippen LogP contribution in [0.3, 0.4) is 0 Å². The van der Waals surface area contributed by atoms with Gasteiger partial charge in [-0.3, -0.25) is 9.59 Å². The molecule has 0 spiro atoms. The fourth-order valence-electron chi connectivity index (χ4n) is 2.77. The van der Waals surface area contributed by atoms with Gasteiger partial charge in [0.1, 0.15) is 0 Å². The Bertz CT molecular complexity index is 846. The molecule has 0 heterocycles. The van der Waals surface area contributed by atoms with Gasteiger partial charge in [-0.15, -0.1) is 0 Å². The molecule has 29 heavy (non-hydrogen) atoms. The molecular weight excluding hydrogens is 386 g/mol. The Kier molecular flexibility index (Phi) is 8.05. The van der Waals surface area contributed by atoms with Crippen molar-refractivity contribution < 1.29 is 31.9 Å². The molecule has 0 aromatic heterocycles. The molecule has 0 aliphatic carbocycles. The number of carbonyl (C=O) groups is 2. The van der Waals surface area contributed by atoms with Gasteiger partial charge >= 0.3 is 14.6 Å². The number of hydrogen-bond donors (Lipinski definition) is 0. The molecule has 2 rings (SSSR count). The summed E-state index contributed by atoms with van der Waals surface area (Å²) in [5.74, 6) is -7.15. The smallest absolute Gasteiger partial charge is 0.303 e. The van der Waals surface area contributed by atoms with Gasteiger partial charge in [0, 0.05) is 0 Å². The first-order valence-corrected chi connectivity index (χ1v) is 9.17. The fourth-order valence-corrected chi connectivity index (χ4v) is 2.77. The van der Waals surface area contributed by atoms with Crippen LogP contribution in [0.2, 0.25) is 0 Å². The second kappa shape index (κ2) is 10.3. The third-order valence-corrected chi connectivity index (χ3v) is 4.17. The van der Waals surface area contributed by atoms with E-state index >= 15 is 0 Å². The van der Waals surface area contributed by atoms with Crippen molar-refractivity contribution in [2.45, 2.75) is 39.5 Å². The summed E-state index contributed by atoms with van der Waals surface area (Å²) >= 11 is 0. The van der Waals surface area contributed by atoms with E-state index in [1.165, 1.54) is 24.3 Å². The zero-order valence-corrected chi connectivity index (χ0v) is 16.0. The highest BCUT2D eigenvalue weighted by atomic mass is 19.2. The van der Waals surface area contributed by atoms with Gasteiger partial charge < -0.3 is 4.74 Å². The summed E-state index contributed by atoms with van der Waals surface area (Å²) in [6.07, 6.45) is 1.89. The molecular formula is C20H18B2F4O3. The van der Waals surface area contributed by atoms with Crippen LogP contribution in [0.1, 0.15) is 37.8 Å². The van der Waals surface area contributed by atoms with Crippen molar-refractivity contribution in [1.82, 2.24) is 0 Å². The predicted octanol–water partition coefficient (Wildman–Crippen LogP) is 3.76. The van der Waals surface area contributed by atoms with Crippen LogP contribution in [-0.4, -0.2) is 26.3 Å². The van der Waals surface area contributed by atoms with E-state index in [9.17, 15) is 27.2 Å². The molecule has 0 aliphatic heterocycles. The Labute approximate surface area is 167 Å². The summed E-state index contributed by atoms with van der Waals surface area (Å²) in [7, 11) is 1.22. The van der Waals surface area contributed by atoms with E-state index in [-0.39, 0.29) is 22.1 Å². The van der Waals surface area contributed by atoms with Crippen LogP contribution in [0.5, 0.6) is 0 Å². The molecule has 9 heteroatoms. The molecule has 0 saturated heterocycles. The van der Waals surface area contributed by atoms with Gasteiger partial charge in [0.15, 0.2) is 23.3 Å². The van der Waals surface area contributed by atoms with Gasteiger partial charge in [-0.05, 0) is 34.9 Å². The summed E-state index contributed by atoms with van der Waals surface area (Å²) < 4.78 is 60.3. The van der Waals surface area contributed by atoms with Crippen molar-refractivity contribution in [3.05, 3.63) is 58.7 Å². The Balaban J connectivity index is 2.02. The Hall–Kier alpha value is -2.57. The first kappa shape index (κ1) is 22.7. The number of aryl methyl sites for hydroxylation is 2. The monoisotopic (exact) mass is 404 g/mol. The average Bonchev–Trinajstić information content (AvgIpc) is 2.67. The molecule has 2 aromatic rings. The lowest BCUT2D eigenvalue weighted by atomic mass is 9.68. The number of hydrogen-bond acceptors (Lipinski definition) is 3. The average molecular weight is 404 g/mol. The molecule has 0 bridgehead atoms. The van der Waals surface area contributed by atoms with Crippen LogP contribution in [-0.2, 0) is 17.6 Å². The van der Waals surface area contributed by atoms with E-state index < -0.39 is 35.0 Å². The quantitative estimate of drug-likeness (QED) is 0.383. The molecule has 0 aliphatic rings. The minimum Gasteiger partial charge on any atom is -0.411 e. The van der Waals surface area contributed by atoms with E-state index in [1.807, 2.05) is 13.8 Å². The van der Waals surface area contributed by atoms with Crippen molar-refractivity contribution in [2.24, 2.45) is 0 Å². The van der Waals surface area contributed by atoms with Crippen molar-refractivity contribution in [3.8, 4) is 0 Å². The molecule has 0 unspecified atom stereocenters. The van der Waals surface area contributed by atoms with Gasteiger partial charge in [0.2, 0.25) is 0 Å². The molecule has 0 N–H and O–H groups in total. The second-order valence-corrected chi connectivity index (χ2v) is 6.41. The van der Waals surface area contributed by atoms with E-state index in [1.54, 1.807) is 0 Å².